The zero-order chi connectivity index (χ0) is 15.4. The number of hydrogen-bond acceptors (Lipinski definition) is 1. The molecule has 0 N–H and O–H groups in total. The first-order valence-corrected chi connectivity index (χ1v) is 8.18. The average Bonchev–Trinajstić information content (AvgIpc) is 2.77. The van der Waals surface area contributed by atoms with Gasteiger partial charge in [0.25, 0.3) is 0 Å². The smallest absolute Gasteiger partial charge is 0.193 e. The van der Waals surface area contributed by atoms with Gasteiger partial charge in [0.15, 0.2) is 5.78 Å². The Balaban J connectivity index is 1.92. The number of aryl methyl sites for hydroxylation is 2. The molecule has 0 spiro atoms. The molecule has 3 aromatic carbocycles. The molecule has 0 amide bonds. The minimum Gasteiger partial charge on any atom is -0.289 e. The second-order valence-electron chi connectivity index (χ2n) is 6.43. The van der Waals surface area contributed by atoms with Crippen molar-refractivity contribution in [3.63, 3.8) is 0 Å². The SMILES string of the molecule is O=C1c2ccccc2[C@H]2c3ccccc3CCc3cccc1c32. The van der Waals surface area contributed by atoms with Gasteiger partial charge in [0.05, 0.1) is 0 Å². The summed E-state index contributed by atoms with van der Waals surface area (Å²) in [6.07, 6.45) is 2.05. The fourth-order valence-corrected chi connectivity index (χ4v) is 4.26. The van der Waals surface area contributed by atoms with Crippen LogP contribution in [0.5, 0.6) is 0 Å². The van der Waals surface area contributed by atoms with Crippen LogP contribution in [-0.2, 0) is 12.8 Å². The number of rotatable bonds is 0. The van der Waals surface area contributed by atoms with Crippen LogP contribution in [-0.4, -0.2) is 5.78 Å². The molecule has 0 unspecified atom stereocenters. The van der Waals surface area contributed by atoms with Crippen molar-refractivity contribution in [3.8, 4) is 0 Å². The summed E-state index contributed by atoms with van der Waals surface area (Å²) in [4.78, 5) is 13.0. The van der Waals surface area contributed by atoms with Crippen molar-refractivity contribution in [2.75, 3.05) is 0 Å². The maximum atomic E-state index is 13.0. The number of fused-ring (bicyclic) bond motifs is 4. The number of carbonyl (C=O) groups is 1. The highest BCUT2D eigenvalue weighted by Gasteiger charge is 2.35. The van der Waals surface area contributed by atoms with Crippen molar-refractivity contribution in [2.45, 2.75) is 18.8 Å². The molecule has 0 radical (unpaired) electrons. The molecule has 0 bridgehead atoms. The van der Waals surface area contributed by atoms with E-state index in [9.17, 15) is 4.79 Å². The molecule has 5 rings (SSSR count). The second-order valence-corrected chi connectivity index (χ2v) is 6.43. The Kier molecular flexibility index (Phi) is 2.60. The van der Waals surface area contributed by atoms with E-state index in [4.69, 9.17) is 0 Å². The minimum atomic E-state index is 0.174. The van der Waals surface area contributed by atoms with E-state index in [0.717, 1.165) is 29.5 Å². The van der Waals surface area contributed by atoms with Gasteiger partial charge in [-0.1, -0.05) is 66.7 Å². The molecule has 2 aliphatic rings. The molecule has 2 aliphatic carbocycles. The lowest BCUT2D eigenvalue weighted by Gasteiger charge is -2.29. The second kappa shape index (κ2) is 4.66. The summed E-state index contributed by atoms with van der Waals surface area (Å²) in [6.45, 7) is 0. The van der Waals surface area contributed by atoms with Gasteiger partial charge in [-0.05, 0) is 40.7 Å². The lowest BCUT2D eigenvalue weighted by molar-refractivity contribution is 0.103. The van der Waals surface area contributed by atoms with Gasteiger partial charge in [0.1, 0.15) is 0 Å². The van der Waals surface area contributed by atoms with Crippen LogP contribution in [0.15, 0.2) is 66.7 Å². The summed E-state index contributed by atoms with van der Waals surface area (Å²) in [5, 5.41) is 0. The third-order valence-electron chi connectivity index (χ3n) is 5.28. The van der Waals surface area contributed by atoms with Crippen LogP contribution in [0.25, 0.3) is 0 Å². The molecule has 0 fully saturated rings. The van der Waals surface area contributed by atoms with Gasteiger partial charge < -0.3 is 0 Å². The van der Waals surface area contributed by atoms with E-state index in [1.165, 1.54) is 22.3 Å². The van der Waals surface area contributed by atoms with Gasteiger partial charge in [-0.2, -0.15) is 0 Å². The lowest BCUT2D eigenvalue weighted by atomic mass is 9.73. The molecule has 0 saturated heterocycles. The molecule has 0 saturated carbocycles. The predicted molar refractivity (Wildman–Crippen MR) is 91.1 cm³/mol. The minimum absolute atomic E-state index is 0.174. The van der Waals surface area contributed by atoms with Gasteiger partial charge in [0, 0.05) is 17.0 Å². The van der Waals surface area contributed by atoms with Gasteiger partial charge in [0.2, 0.25) is 0 Å². The standard InChI is InChI=1S/C22H16O/c23-22-18-10-4-3-9-17(18)21-16-8-2-1-6-14(16)12-13-15-7-5-11-19(22)20(15)21/h1-11,21H,12-13H2/t21-/m1/s1. The molecule has 0 aromatic heterocycles. The first-order valence-electron chi connectivity index (χ1n) is 8.18. The van der Waals surface area contributed by atoms with Gasteiger partial charge in [-0.15, -0.1) is 0 Å². The fraction of sp³-hybridized carbons (Fsp3) is 0.136. The Labute approximate surface area is 135 Å². The predicted octanol–water partition coefficient (Wildman–Crippen LogP) is 4.51. The van der Waals surface area contributed by atoms with Gasteiger partial charge >= 0.3 is 0 Å². The van der Waals surface area contributed by atoms with Crippen molar-refractivity contribution in [1.82, 2.24) is 0 Å². The summed E-state index contributed by atoms with van der Waals surface area (Å²) in [5.41, 5.74) is 8.24. The molecule has 110 valence electrons. The number of carbonyl (C=O) groups excluding carboxylic acids is 1. The normalized spacial score (nSPS) is 17.7. The molecule has 1 heteroatoms. The highest BCUT2D eigenvalue weighted by molar-refractivity contribution is 6.13. The maximum Gasteiger partial charge on any atom is 0.193 e. The zero-order valence-electron chi connectivity index (χ0n) is 12.8. The topological polar surface area (TPSA) is 17.1 Å². The average molecular weight is 296 g/mol. The molecule has 3 aromatic rings. The Bertz CT molecular complexity index is 952. The number of ketones is 1. The van der Waals surface area contributed by atoms with E-state index in [0.29, 0.717) is 0 Å². The Morgan fingerprint density at radius 2 is 1.30 bits per heavy atom. The van der Waals surface area contributed by atoms with E-state index >= 15 is 0 Å². The Morgan fingerprint density at radius 3 is 2.22 bits per heavy atom. The molecule has 1 nitrogen and oxygen atoms in total. The maximum absolute atomic E-state index is 13.0. The van der Waals surface area contributed by atoms with E-state index < -0.39 is 0 Å². The van der Waals surface area contributed by atoms with Crippen LogP contribution in [0.2, 0.25) is 0 Å². The quantitative estimate of drug-likeness (QED) is 0.466. The fourth-order valence-electron chi connectivity index (χ4n) is 4.26. The van der Waals surface area contributed by atoms with Crippen molar-refractivity contribution >= 4 is 5.78 Å². The Morgan fingerprint density at radius 1 is 0.652 bits per heavy atom. The van der Waals surface area contributed by atoms with Gasteiger partial charge in [-0.3, -0.25) is 4.79 Å². The summed E-state index contributed by atoms with van der Waals surface area (Å²) in [7, 11) is 0. The van der Waals surface area contributed by atoms with Crippen LogP contribution in [0.3, 0.4) is 0 Å². The van der Waals surface area contributed by atoms with E-state index in [1.54, 1.807) is 0 Å². The van der Waals surface area contributed by atoms with E-state index in [1.807, 2.05) is 30.3 Å². The monoisotopic (exact) mass is 296 g/mol. The highest BCUT2D eigenvalue weighted by Crippen LogP contribution is 2.45. The molecule has 1 atom stereocenters. The van der Waals surface area contributed by atoms with Crippen LogP contribution in [0.4, 0.5) is 0 Å². The molecular weight excluding hydrogens is 280 g/mol. The lowest BCUT2D eigenvalue weighted by Crippen LogP contribution is -2.21. The third-order valence-corrected chi connectivity index (χ3v) is 5.28. The molecular formula is C22H16O. The molecule has 0 aliphatic heterocycles. The summed E-state index contributed by atoms with van der Waals surface area (Å²) >= 11 is 0. The van der Waals surface area contributed by atoms with Crippen molar-refractivity contribution in [1.29, 1.82) is 0 Å². The molecule has 0 heterocycles. The van der Waals surface area contributed by atoms with Crippen LogP contribution in [0, 0.1) is 0 Å². The van der Waals surface area contributed by atoms with Crippen LogP contribution >= 0.6 is 0 Å². The van der Waals surface area contributed by atoms with E-state index in [-0.39, 0.29) is 11.7 Å². The van der Waals surface area contributed by atoms with Crippen molar-refractivity contribution in [3.05, 3.63) is 106 Å². The first kappa shape index (κ1) is 12.8. The van der Waals surface area contributed by atoms with Crippen LogP contribution < -0.4 is 0 Å². The number of benzene rings is 3. The summed E-state index contributed by atoms with van der Waals surface area (Å²) < 4.78 is 0. The number of hydrogen-bond donors (Lipinski definition) is 0. The summed E-state index contributed by atoms with van der Waals surface area (Å²) in [5.74, 6) is 0.363. The van der Waals surface area contributed by atoms with Crippen molar-refractivity contribution < 1.29 is 4.79 Å². The van der Waals surface area contributed by atoms with Crippen LogP contribution in [0.1, 0.15) is 49.7 Å². The first-order chi connectivity index (χ1) is 11.3. The van der Waals surface area contributed by atoms with Gasteiger partial charge in [-0.25, -0.2) is 0 Å². The summed E-state index contributed by atoms with van der Waals surface area (Å²) in [6, 6.07) is 23.0. The highest BCUT2D eigenvalue weighted by atomic mass is 16.1. The van der Waals surface area contributed by atoms with E-state index in [2.05, 4.69) is 36.4 Å². The zero-order valence-corrected chi connectivity index (χ0v) is 12.8. The molecule has 23 heavy (non-hydrogen) atoms. The van der Waals surface area contributed by atoms with Crippen molar-refractivity contribution in [2.24, 2.45) is 0 Å². The third kappa shape index (κ3) is 1.71. The largest absolute Gasteiger partial charge is 0.289 e. The Hall–Kier alpha value is -2.67.